The van der Waals surface area contributed by atoms with Gasteiger partial charge in [-0.25, -0.2) is 14.8 Å². The molecule has 1 aromatic carbocycles. The lowest BCUT2D eigenvalue weighted by molar-refractivity contribution is 0.250. The van der Waals surface area contributed by atoms with Gasteiger partial charge < -0.3 is 21.3 Å². The summed E-state index contributed by atoms with van der Waals surface area (Å²) in [5, 5.41) is 13.2. The third-order valence-electron chi connectivity index (χ3n) is 3.47. The first-order valence-electron chi connectivity index (χ1n) is 9.06. The molecule has 0 bridgehead atoms. The van der Waals surface area contributed by atoms with E-state index < -0.39 is 0 Å². The van der Waals surface area contributed by atoms with Crippen LogP contribution in [-0.4, -0.2) is 29.6 Å². The Morgan fingerprint density at radius 1 is 1.22 bits per heavy atom. The van der Waals surface area contributed by atoms with Crippen LogP contribution in [0.4, 0.5) is 10.5 Å². The summed E-state index contributed by atoms with van der Waals surface area (Å²) >= 11 is 1.68. The van der Waals surface area contributed by atoms with Gasteiger partial charge in [0.1, 0.15) is 5.01 Å². The molecule has 0 radical (unpaired) electrons. The van der Waals surface area contributed by atoms with Gasteiger partial charge in [0.15, 0.2) is 5.96 Å². The minimum Gasteiger partial charge on any atom is -0.357 e. The van der Waals surface area contributed by atoms with E-state index in [4.69, 9.17) is 0 Å². The van der Waals surface area contributed by atoms with Crippen molar-refractivity contribution in [2.24, 2.45) is 4.99 Å². The number of thiazole rings is 1. The Morgan fingerprint density at radius 2 is 1.96 bits per heavy atom. The molecule has 0 aliphatic rings. The fourth-order valence-corrected chi connectivity index (χ4v) is 3.00. The number of aromatic nitrogens is 1. The second-order valence-electron chi connectivity index (χ2n) is 6.36. The molecular weight excluding hydrogens is 360 g/mol. The van der Waals surface area contributed by atoms with E-state index in [1.54, 1.807) is 11.3 Å². The molecule has 1 heterocycles. The van der Waals surface area contributed by atoms with E-state index in [9.17, 15) is 4.79 Å². The average Bonchev–Trinajstić information content (AvgIpc) is 3.03. The number of benzene rings is 1. The fourth-order valence-electron chi connectivity index (χ4n) is 2.28. The van der Waals surface area contributed by atoms with Crippen LogP contribution in [0.25, 0.3) is 0 Å². The van der Waals surface area contributed by atoms with Crippen LogP contribution in [0.5, 0.6) is 0 Å². The smallest absolute Gasteiger partial charge is 0.319 e. The highest BCUT2D eigenvalue weighted by molar-refractivity contribution is 7.11. The molecule has 0 fully saturated rings. The van der Waals surface area contributed by atoms with Gasteiger partial charge in [0.25, 0.3) is 0 Å². The Bertz CT molecular complexity index is 754. The van der Waals surface area contributed by atoms with Gasteiger partial charge in [0.2, 0.25) is 0 Å². The molecule has 0 unspecified atom stereocenters. The second kappa shape index (κ2) is 10.5. The number of rotatable bonds is 7. The summed E-state index contributed by atoms with van der Waals surface area (Å²) in [7, 11) is 0. The number of nitrogens with zero attached hydrogens (tertiary/aromatic N) is 2. The highest BCUT2D eigenvalue weighted by atomic mass is 32.1. The molecule has 2 rings (SSSR count). The van der Waals surface area contributed by atoms with Gasteiger partial charge in [-0.2, -0.15) is 0 Å². The second-order valence-corrected chi connectivity index (χ2v) is 7.68. The van der Waals surface area contributed by atoms with Crippen molar-refractivity contribution < 1.29 is 4.79 Å². The van der Waals surface area contributed by atoms with Gasteiger partial charge in [-0.1, -0.05) is 12.1 Å². The maximum atomic E-state index is 11.7. The van der Waals surface area contributed by atoms with Crippen LogP contribution in [-0.2, 0) is 13.1 Å². The zero-order chi connectivity index (χ0) is 19.6. The Balaban J connectivity index is 1.89. The highest BCUT2D eigenvalue weighted by Gasteiger charge is 2.04. The van der Waals surface area contributed by atoms with E-state index in [1.165, 1.54) is 4.88 Å². The Morgan fingerprint density at radius 3 is 2.56 bits per heavy atom. The number of amides is 2. The zero-order valence-corrected chi connectivity index (χ0v) is 17.1. The van der Waals surface area contributed by atoms with Crippen LogP contribution >= 0.6 is 11.3 Å². The summed E-state index contributed by atoms with van der Waals surface area (Å²) in [4.78, 5) is 21.9. The fraction of sp³-hybridized carbons (Fsp3) is 0.421. The number of hydrogen-bond acceptors (Lipinski definition) is 4. The molecule has 0 spiro atoms. The Hall–Kier alpha value is -2.61. The largest absolute Gasteiger partial charge is 0.357 e. The highest BCUT2D eigenvalue weighted by Crippen LogP contribution is 2.11. The van der Waals surface area contributed by atoms with Gasteiger partial charge >= 0.3 is 6.03 Å². The maximum Gasteiger partial charge on any atom is 0.319 e. The zero-order valence-electron chi connectivity index (χ0n) is 16.3. The van der Waals surface area contributed by atoms with E-state index in [-0.39, 0.29) is 12.1 Å². The molecule has 27 heavy (non-hydrogen) atoms. The number of carbonyl (C=O) groups is 1. The lowest BCUT2D eigenvalue weighted by atomic mass is 10.2. The molecular formula is C19H28N6OS. The molecule has 2 amide bonds. The number of hydrogen-bond donors (Lipinski definition) is 4. The lowest BCUT2D eigenvalue weighted by Crippen LogP contribution is -2.36. The van der Waals surface area contributed by atoms with Gasteiger partial charge in [0, 0.05) is 29.3 Å². The minimum atomic E-state index is -0.202. The lowest BCUT2D eigenvalue weighted by Gasteiger charge is -2.11. The van der Waals surface area contributed by atoms with E-state index in [0.717, 1.165) is 28.8 Å². The first kappa shape index (κ1) is 20.7. The first-order valence-corrected chi connectivity index (χ1v) is 9.88. The van der Waals surface area contributed by atoms with Crippen molar-refractivity contribution in [3.63, 3.8) is 0 Å². The molecule has 0 saturated heterocycles. The van der Waals surface area contributed by atoms with Gasteiger partial charge in [-0.3, -0.25) is 0 Å². The van der Waals surface area contributed by atoms with Crippen molar-refractivity contribution in [2.45, 2.75) is 46.8 Å². The SMILES string of the molecule is CCNC(=NCc1ccc(NC(=O)NC(C)C)cc1)NCc1ncc(C)s1. The van der Waals surface area contributed by atoms with E-state index >= 15 is 0 Å². The number of carbonyl (C=O) groups excluding carboxylic acids is 1. The summed E-state index contributed by atoms with van der Waals surface area (Å²) in [5.74, 6) is 0.754. The average molecular weight is 389 g/mol. The van der Waals surface area contributed by atoms with Crippen molar-refractivity contribution in [3.05, 3.63) is 45.9 Å². The molecule has 7 nitrogen and oxygen atoms in total. The molecule has 0 aliphatic heterocycles. The van der Waals surface area contributed by atoms with Gasteiger partial charge in [-0.15, -0.1) is 11.3 Å². The molecule has 8 heteroatoms. The van der Waals surface area contributed by atoms with Gasteiger partial charge in [0.05, 0.1) is 13.1 Å². The molecule has 2 aromatic rings. The molecule has 4 N–H and O–H groups in total. The molecule has 0 atom stereocenters. The van der Waals surface area contributed by atoms with Gasteiger partial charge in [-0.05, 0) is 45.4 Å². The number of nitrogens with one attached hydrogen (secondary N) is 4. The van der Waals surface area contributed by atoms with Crippen molar-refractivity contribution in [3.8, 4) is 0 Å². The van der Waals surface area contributed by atoms with Crippen LogP contribution in [0.1, 0.15) is 36.2 Å². The number of urea groups is 1. The summed E-state index contributed by atoms with van der Waals surface area (Å²) in [6.45, 7) is 9.91. The maximum absolute atomic E-state index is 11.7. The summed E-state index contributed by atoms with van der Waals surface area (Å²) < 4.78 is 0. The number of guanidine groups is 1. The van der Waals surface area contributed by atoms with Crippen LogP contribution in [0.2, 0.25) is 0 Å². The van der Waals surface area contributed by atoms with E-state index in [1.807, 2.05) is 58.2 Å². The number of anilines is 1. The predicted octanol–water partition coefficient (Wildman–Crippen LogP) is 3.24. The van der Waals surface area contributed by atoms with E-state index in [0.29, 0.717) is 13.1 Å². The molecule has 146 valence electrons. The quantitative estimate of drug-likeness (QED) is 0.433. The standard InChI is InChI=1S/C19H28N6OS/c1-5-20-18(23-12-17-21-10-14(4)27-17)22-11-15-6-8-16(9-7-15)25-19(26)24-13(2)3/h6-10,13H,5,11-12H2,1-4H3,(H2,20,22,23)(H2,24,25,26). The normalized spacial score (nSPS) is 11.4. The minimum absolute atomic E-state index is 0.101. The van der Waals surface area contributed by atoms with Crippen molar-refractivity contribution in [1.82, 2.24) is 20.9 Å². The summed E-state index contributed by atoms with van der Waals surface area (Å²) in [5.41, 5.74) is 1.82. The molecule has 0 aliphatic carbocycles. The van der Waals surface area contributed by atoms with E-state index in [2.05, 4.69) is 31.2 Å². The summed E-state index contributed by atoms with van der Waals surface area (Å²) in [6, 6.07) is 7.58. The predicted molar refractivity (Wildman–Crippen MR) is 112 cm³/mol. The molecule has 1 aromatic heterocycles. The third kappa shape index (κ3) is 7.65. The van der Waals surface area contributed by atoms with Crippen LogP contribution in [0, 0.1) is 6.92 Å². The van der Waals surface area contributed by atoms with Crippen molar-refractivity contribution in [1.29, 1.82) is 0 Å². The molecule has 0 saturated carbocycles. The van der Waals surface area contributed by atoms with Crippen molar-refractivity contribution >= 4 is 29.0 Å². The Labute approximate surface area is 164 Å². The van der Waals surface area contributed by atoms with Crippen LogP contribution in [0.15, 0.2) is 35.5 Å². The van der Waals surface area contributed by atoms with Crippen molar-refractivity contribution in [2.75, 3.05) is 11.9 Å². The monoisotopic (exact) mass is 388 g/mol. The topological polar surface area (TPSA) is 90.4 Å². The Kier molecular flexibility index (Phi) is 8.06. The van der Waals surface area contributed by atoms with Crippen LogP contribution in [0.3, 0.4) is 0 Å². The van der Waals surface area contributed by atoms with Crippen LogP contribution < -0.4 is 21.3 Å². The first-order chi connectivity index (χ1) is 13.0. The summed E-state index contributed by atoms with van der Waals surface area (Å²) in [6.07, 6.45) is 1.88. The number of aliphatic imine (C=N–C) groups is 1. The number of aryl methyl sites for hydroxylation is 1. The third-order valence-corrected chi connectivity index (χ3v) is 4.38.